The van der Waals surface area contributed by atoms with Crippen molar-refractivity contribution >= 4 is 80.4 Å². The zero-order valence-corrected chi connectivity index (χ0v) is 13.0. The van der Waals surface area contributed by atoms with Gasteiger partial charge in [-0.1, -0.05) is 6.92 Å². The molecule has 0 aromatic heterocycles. The van der Waals surface area contributed by atoms with E-state index in [0.29, 0.717) is 6.54 Å². The fraction of sp³-hybridized carbons (Fsp3) is 0.857. The Bertz CT molecular complexity index is 126. The minimum absolute atomic E-state index is 0. The zero-order chi connectivity index (χ0) is 8.69. The van der Waals surface area contributed by atoms with Gasteiger partial charge in [0.25, 0.3) is 0 Å². The third-order valence-corrected chi connectivity index (χ3v) is 1.36. The SMILES string of the molecule is CCCN[C@@H](CCO)C(=O)O.[K].[Mg]. The summed E-state index contributed by atoms with van der Waals surface area (Å²) < 4.78 is 0. The third-order valence-electron chi connectivity index (χ3n) is 1.36. The average molecular weight is 225 g/mol. The second kappa shape index (κ2) is 13.8. The molecule has 0 aromatic carbocycles. The molecule has 0 aliphatic heterocycles. The van der Waals surface area contributed by atoms with E-state index in [9.17, 15) is 4.79 Å². The fourth-order valence-corrected chi connectivity index (χ4v) is 0.761. The normalized spacial score (nSPS) is 10.9. The number of carbonyl (C=O) groups is 1. The molecule has 0 saturated heterocycles. The summed E-state index contributed by atoms with van der Waals surface area (Å²) in [4.78, 5) is 10.4. The van der Waals surface area contributed by atoms with Gasteiger partial charge in [-0.3, -0.25) is 4.79 Å². The molecular weight excluding hydrogens is 209 g/mol. The van der Waals surface area contributed by atoms with Gasteiger partial charge in [-0.2, -0.15) is 0 Å². The summed E-state index contributed by atoms with van der Waals surface area (Å²) in [6.07, 6.45) is 1.17. The first-order valence-electron chi connectivity index (χ1n) is 3.79. The Balaban J connectivity index is -0.000000500. The molecule has 0 rings (SSSR count). The van der Waals surface area contributed by atoms with E-state index in [2.05, 4.69) is 5.32 Å². The zero-order valence-electron chi connectivity index (χ0n) is 8.42. The van der Waals surface area contributed by atoms with Crippen LogP contribution in [0.15, 0.2) is 0 Å². The van der Waals surface area contributed by atoms with Crippen molar-refractivity contribution in [3.05, 3.63) is 0 Å². The standard InChI is InChI=1S/C7H15NO3.K.Mg/c1-2-4-8-6(3-5-9)7(10)11;;/h6,8-9H,2-5H2,1H3,(H,10,11);;/t6-;;/m0../s1. The van der Waals surface area contributed by atoms with Crippen molar-refractivity contribution in [2.24, 2.45) is 0 Å². The number of aliphatic hydroxyl groups excluding tert-OH is 1. The van der Waals surface area contributed by atoms with Crippen LogP contribution in [0.1, 0.15) is 19.8 Å². The van der Waals surface area contributed by atoms with Gasteiger partial charge in [-0.05, 0) is 19.4 Å². The first-order valence-corrected chi connectivity index (χ1v) is 3.79. The molecule has 0 heterocycles. The maximum Gasteiger partial charge on any atom is 0.320 e. The summed E-state index contributed by atoms with van der Waals surface area (Å²) in [5.41, 5.74) is 0. The van der Waals surface area contributed by atoms with Crippen LogP contribution < -0.4 is 5.32 Å². The first kappa shape index (κ1) is 20.2. The molecule has 1 atom stereocenters. The van der Waals surface area contributed by atoms with Gasteiger partial charge in [0, 0.05) is 81.0 Å². The number of aliphatic carboxylic acids is 1. The molecule has 0 spiro atoms. The smallest absolute Gasteiger partial charge is 0.320 e. The molecule has 0 amide bonds. The largest absolute Gasteiger partial charge is 0.480 e. The predicted molar refractivity (Wildman–Crippen MR) is 52.9 cm³/mol. The number of hydrogen-bond donors (Lipinski definition) is 3. The van der Waals surface area contributed by atoms with Gasteiger partial charge in [0.05, 0.1) is 0 Å². The third kappa shape index (κ3) is 11.7. The Kier molecular flexibility index (Phi) is 21.5. The molecule has 0 aromatic rings. The number of nitrogens with one attached hydrogen (secondary N) is 1. The van der Waals surface area contributed by atoms with Crippen LogP contribution in [0.4, 0.5) is 0 Å². The summed E-state index contributed by atoms with van der Waals surface area (Å²) in [6, 6.07) is -0.597. The van der Waals surface area contributed by atoms with Crippen molar-refractivity contribution in [1.82, 2.24) is 5.32 Å². The van der Waals surface area contributed by atoms with Crippen LogP contribution in [-0.2, 0) is 4.79 Å². The minimum atomic E-state index is -0.896. The first-order chi connectivity index (χ1) is 5.22. The van der Waals surface area contributed by atoms with Crippen molar-refractivity contribution in [2.45, 2.75) is 25.8 Å². The molecule has 0 fully saturated rings. The second-order valence-electron chi connectivity index (χ2n) is 2.36. The average Bonchev–Trinajstić information content (AvgIpc) is 1.97. The predicted octanol–water partition coefficient (Wildman–Crippen LogP) is -0.940. The molecule has 3 N–H and O–H groups in total. The molecule has 0 bridgehead atoms. The molecule has 0 saturated carbocycles. The Morgan fingerprint density at radius 3 is 2.38 bits per heavy atom. The Morgan fingerprint density at radius 1 is 1.54 bits per heavy atom. The molecule has 0 aliphatic rings. The van der Waals surface area contributed by atoms with Gasteiger partial charge in [-0.15, -0.1) is 0 Å². The molecule has 0 unspecified atom stereocenters. The monoisotopic (exact) mass is 224 g/mol. The summed E-state index contributed by atoms with van der Waals surface area (Å²) >= 11 is 0. The van der Waals surface area contributed by atoms with Gasteiger partial charge >= 0.3 is 5.97 Å². The van der Waals surface area contributed by atoms with Crippen LogP contribution in [0.3, 0.4) is 0 Å². The van der Waals surface area contributed by atoms with Crippen molar-refractivity contribution in [3.8, 4) is 0 Å². The van der Waals surface area contributed by atoms with E-state index in [1.165, 1.54) is 0 Å². The molecule has 3 radical (unpaired) electrons. The van der Waals surface area contributed by atoms with Gasteiger partial charge in [0.1, 0.15) is 6.04 Å². The van der Waals surface area contributed by atoms with Crippen molar-refractivity contribution in [3.63, 3.8) is 0 Å². The number of aliphatic hydroxyl groups is 1. The van der Waals surface area contributed by atoms with E-state index in [4.69, 9.17) is 10.2 Å². The fourth-order valence-electron chi connectivity index (χ4n) is 0.761. The van der Waals surface area contributed by atoms with Gasteiger partial charge in [-0.25, -0.2) is 0 Å². The van der Waals surface area contributed by atoms with Crippen LogP contribution in [0, 0.1) is 0 Å². The van der Waals surface area contributed by atoms with Crippen LogP contribution >= 0.6 is 0 Å². The Hall–Kier alpha value is 1.79. The number of carboxylic acids is 1. The van der Waals surface area contributed by atoms with Crippen LogP contribution in [0.5, 0.6) is 0 Å². The Morgan fingerprint density at radius 2 is 2.08 bits per heavy atom. The topological polar surface area (TPSA) is 69.6 Å². The van der Waals surface area contributed by atoms with E-state index in [1.807, 2.05) is 6.92 Å². The summed E-state index contributed by atoms with van der Waals surface area (Å²) in [5, 5.41) is 19.8. The summed E-state index contributed by atoms with van der Waals surface area (Å²) in [7, 11) is 0. The molecular formula is C7H15KMgNO3. The van der Waals surface area contributed by atoms with Gasteiger partial charge < -0.3 is 15.5 Å². The van der Waals surface area contributed by atoms with E-state index in [1.54, 1.807) is 0 Å². The van der Waals surface area contributed by atoms with Gasteiger partial charge in [0.2, 0.25) is 0 Å². The number of hydrogen-bond acceptors (Lipinski definition) is 3. The quantitative estimate of drug-likeness (QED) is 0.510. The molecule has 0 aliphatic carbocycles. The molecule has 13 heavy (non-hydrogen) atoms. The molecule has 6 heteroatoms. The second-order valence-corrected chi connectivity index (χ2v) is 2.36. The van der Waals surface area contributed by atoms with Crippen LogP contribution in [0.25, 0.3) is 0 Å². The maximum absolute atomic E-state index is 10.4. The van der Waals surface area contributed by atoms with E-state index in [-0.39, 0.29) is 87.5 Å². The number of carboxylic acid groups (broad SMARTS) is 1. The molecule has 4 nitrogen and oxygen atoms in total. The maximum atomic E-state index is 10.4. The van der Waals surface area contributed by atoms with Gasteiger partial charge in [0.15, 0.2) is 0 Å². The van der Waals surface area contributed by atoms with Crippen LogP contribution in [0.2, 0.25) is 0 Å². The minimum Gasteiger partial charge on any atom is -0.480 e. The van der Waals surface area contributed by atoms with E-state index < -0.39 is 12.0 Å². The van der Waals surface area contributed by atoms with Crippen molar-refractivity contribution in [1.29, 1.82) is 0 Å². The number of rotatable bonds is 6. The summed E-state index contributed by atoms with van der Waals surface area (Å²) in [6.45, 7) is 2.55. The van der Waals surface area contributed by atoms with Crippen LogP contribution in [-0.4, -0.2) is 110 Å². The van der Waals surface area contributed by atoms with Crippen molar-refractivity contribution < 1.29 is 15.0 Å². The van der Waals surface area contributed by atoms with E-state index >= 15 is 0 Å². The van der Waals surface area contributed by atoms with Crippen molar-refractivity contribution in [2.75, 3.05) is 13.2 Å². The summed E-state index contributed by atoms with van der Waals surface area (Å²) in [5.74, 6) is -0.896. The van der Waals surface area contributed by atoms with E-state index in [0.717, 1.165) is 6.42 Å². The molecule has 69 valence electrons. The Labute approximate surface area is 137 Å².